The van der Waals surface area contributed by atoms with E-state index in [2.05, 4.69) is 25.5 Å². The zero-order valence-corrected chi connectivity index (χ0v) is 15.7. The highest BCUT2D eigenvalue weighted by Crippen LogP contribution is 2.31. The van der Waals surface area contributed by atoms with E-state index in [9.17, 15) is 8.42 Å². The summed E-state index contributed by atoms with van der Waals surface area (Å²) in [7, 11) is -3.65. The molecular formula is C15H23Cl2NO2S. The predicted molar refractivity (Wildman–Crippen MR) is 89.7 cm³/mol. The molecule has 6 heteroatoms. The number of nitrogens with one attached hydrogen (secondary N) is 1. The Bertz CT molecular complexity index is 632. The largest absolute Gasteiger partial charge is 0.241 e. The molecular weight excluding hydrogens is 329 g/mol. The first kappa shape index (κ1) is 18.8. The van der Waals surface area contributed by atoms with Gasteiger partial charge in [0.25, 0.3) is 0 Å². The Balaban J connectivity index is 3.16. The molecule has 0 bridgehead atoms. The Labute approximate surface area is 138 Å². The first-order chi connectivity index (χ1) is 9.23. The predicted octanol–water partition coefficient (Wildman–Crippen LogP) is 4.79. The summed E-state index contributed by atoms with van der Waals surface area (Å²) in [4.78, 5) is 0.166. The zero-order chi connectivity index (χ0) is 16.6. The average Bonchev–Trinajstić information content (AvgIpc) is 2.17. The molecule has 0 saturated carbocycles. The van der Waals surface area contributed by atoms with Gasteiger partial charge in [0.1, 0.15) is 0 Å². The molecule has 21 heavy (non-hydrogen) atoms. The van der Waals surface area contributed by atoms with Crippen LogP contribution < -0.4 is 4.72 Å². The Morgan fingerprint density at radius 2 is 1.52 bits per heavy atom. The van der Waals surface area contributed by atoms with Gasteiger partial charge in [-0.2, -0.15) is 0 Å². The monoisotopic (exact) mass is 351 g/mol. The molecule has 3 nitrogen and oxygen atoms in total. The smallest absolute Gasteiger partial charge is 0.207 e. The maximum absolute atomic E-state index is 12.6. The van der Waals surface area contributed by atoms with Crippen LogP contribution in [-0.4, -0.2) is 14.0 Å². The molecule has 1 rings (SSSR count). The van der Waals surface area contributed by atoms with Crippen LogP contribution in [0.25, 0.3) is 0 Å². The summed E-state index contributed by atoms with van der Waals surface area (Å²) in [6.07, 6.45) is 0.708. The van der Waals surface area contributed by atoms with Crippen LogP contribution >= 0.6 is 23.2 Å². The highest BCUT2D eigenvalue weighted by Gasteiger charge is 2.31. The van der Waals surface area contributed by atoms with Crippen molar-refractivity contribution in [1.82, 2.24) is 4.72 Å². The SMILES string of the molecule is Cc1cc(Cl)c(Cl)cc1S(=O)(=O)NC(C)(C)CC(C)(C)C. The Morgan fingerprint density at radius 3 is 2.00 bits per heavy atom. The highest BCUT2D eigenvalue weighted by molar-refractivity contribution is 7.89. The molecule has 120 valence electrons. The number of hydrogen-bond donors (Lipinski definition) is 1. The van der Waals surface area contributed by atoms with Crippen molar-refractivity contribution in [2.24, 2.45) is 5.41 Å². The molecule has 0 spiro atoms. The van der Waals surface area contributed by atoms with Gasteiger partial charge in [0.15, 0.2) is 0 Å². The van der Waals surface area contributed by atoms with E-state index >= 15 is 0 Å². The Morgan fingerprint density at radius 1 is 1.05 bits per heavy atom. The number of benzene rings is 1. The van der Waals surface area contributed by atoms with Crippen LogP contribution in [0.4, 0.5) is 0 Å². The van der Waals surface area contributed by atoms with E-state index in [0.29, 0.717) is 17.0 Å². The van der Waals surface area contributed by atoms with Crippen LogP contribution in [-0.2, 0) is 10.0 Å². The lowest BCUT2D eigenvalue weighted by molar-refractivity contribution is 0.269. The number of aryl methyl sites for hydroxylation is 1. The van der Waals surface area contributed by atoms with Crippen molar-refractivity contribution in [3.05, 3.63) is 27.7 Å². The lowest BCUT2D eigenvalue weighted by atomic mass is 9.82. The number of sulfonamides is 1. The minimum absolute atomic E-state index is 0.0126. The van der Waals surface area contributed by atoms with Crippen molar-refractivity contribution in [2.45, 2.75) is 58.4 Å². The van der Waals surface area contributed by atoms with Crippen molar-refractivity contribution in [3.63, 3.8) is 0 Å². The standard InChI is InChI=1S/C15H23Cl2NO2S/c1-10-7-11(16)12(17)8-13(10)21(19,20)18-15(5,6)9-14(2,3)4/h7-8,18H,9H2,1-6H3. The summed E-state index contributed by atoms with van der Waals surface area (Å²) in [5, 5.41) is 0.582. The molecule has 0 amide bonds. The van der Waals surface area contributed by atoms with E-state index in [1.54, 1.807) is 13.0 Å². The van der Waals surface area contributed by atoms with Crippen LogP contribution in [0.2, 0.25) is 10.0 Å². The van der Waals surface area contributed by atoms with Gasteiger partial charge in [-0.1, -0.05) is 44.0 Å². The molecule has 0 atom stereocenters. The first-order valence-electron chi connectivity index (χ1n) is 6.73. The second kappa shape index (κ2) is 6.07. The molecule has 0 aliphatic heterocycles. The van der Waals surface area contributed by atoms with E-state index in [4.69, 9.17) is 23.2 Å². The third-order valence-corrected chi connectivity index (χ3v) is 5.45. The molecule has 0 fully saturated rings. The lowest BCUT2D eigenvalue weighted by Gasteiger charge is -2.33. The summed E-state index contributed by atoms with van der Waals surface area (Å²) < 4.78 is 28.0. The zero-order valence-electron chi connectivity index (χ0n) is 13.3. The molecule has 0 aromatic heterocycles. The summed E-state index contributed by atoms with van der Waals surface area (Å²) in [5.74, 6) is 0. The van der Waals surface area contributed by atoms with Crippen LogP contribution in [0.3, 0.4) is 0 Å². The minimum Gasteiger partial charge on any atom is -0.207 e. The summed E-state index contributed by atoms with van der Waals surface area (Å²) in [6.45, 7) is 11.7. The van der Waals surface area contributed by atoms with Gasteiger partial charge in [-0.3, -0.25) is 0 Å². The Hall–Kier alpha value is -0.290. The molecule has 0 heterocycles. The van der Waals surface area contributed by atoms with Gasteiger partial charge in [-0.15, -0.1) is 0 Å². The van der Waals surface area contributed by atoms with Crippen molar-refractivity contribution in [3.8, 4) is 0 Å². The van der Waals surface area contributed by atoms with Gasteiger partial charge in [0.2, 0.25) is 10.0 Å². The molecule has 0 unspecified atom stereocenters. The van der Waals surface area contributed by atoms with Gasteiger partial charge in [-0.25, -0.2) is 13.1 Å². The topological polar surface area (TPSA) is 46.2 Å². The van der Waals surface area contributed by atoms with Crippen molar-refractivity contribution >= 4 is 33.2 Å². The van der Waals surface area contributed by atoms with Gasteiger partial charge in [0, 0.05) is 5.54 Å². The average molecular weight is 352 g/mol. The molecule has 0 radical (unpaired) electrons. The van der Waals surface area contributed by atoms with Crippen LogP contribution in [0.5, 0.6) is 0 Å². The minimum atomic E-state index is -3.65. The van der Waals surface area contributed by atoms with Gasteiger partial charge >= 0.3 is 0 Å². The molecule has 0 saturated heterocycles. The fraction of sp³-hybridized carbons (Fsp3) is 0.600. The van der Waals surface area contributed by atoms with Gasteiger partial charge in [-0.05, 0) is 50.3 Å². The van der Waals surface area contributed by atoms with Crippen molar-refractivity contribution < 1.29 is 8.42 Å². The van der Waals surface area contributed by atoms with Crippen molar-refractivity contribution in [2.75, 3.05) is 0 Å². The third kappa shape index (κ3) is 5.44. The van der Waals surface area contributed by atoms with E-state index < -0.39 is 15.6 Å². The molecule has 1 N–H and O–H groups in total. The summed E-state index contributed by atoms with van der Waals surface area (Å²) in [5.41, 5.74) is 0.0254. The van der Waals surface area contributed by atoms with Crippen LogP contribution in [0.15, 0.2) is 17.0 Å². The highest BCUT2D eigenvalue weighted by atomic mass is 35.5. The van der Waals surface area contributed by atoms with E-state index in [-0.39, 0.29) is 15.3 Å². The van der Waals surface area contributed by atoms with Crippen LogP contribution in [0.1, 0.15) is 46.6 Å². The second-order valence-electron chi connectivity index (χ2n) is 7.26. The van der Waals surface area contributed by atoms with Crippen molar-refractivity contribution in [1.29, 1.82) is 0 Å². The first-order valence-corrected chi connectivity index (χ1v) is 8.97. The molecule has 0 aliphatic rings. The van der Waals surface area contributed by atoms with Gasteiger partial charge in [0.05, 0.1) is 14.9 Å². The maximum atomic E-state index is 12.6. The number of halogens is 2. The summed E-state index contributed by atoms with van der Waals surface area (Å²) in [6, 6.07) is 2.96. The second-order valence-corrected chi connectivity index (χ2v) is 9.72. The molecule has 1 aromatic carbocycles. The number of rotatable bonds is 4. The number of hydrogen-bond acceptors (Lipinski definition) is 2. The fourth-order valence-corrected chi connectivity index (χ4v) is 4.81. The normalized spacial score (nSPS) is 13.5. The third-order valence-electron chi connectivity index (χ3n) is 2.89. The lowest BCUT2D eigenvalue weighted by Crippen LogP contribution is -2.45. The van der Waals surface area contributed by atoms with E-state index in [0.717, 1.165) is 0 Å². The van der Waals surface area contributed by atoms with E-state index in [1.165, 1.54) is 6.07 Å². The molecule has 0 aliphatic carbocycles. The maximum Gasteiger partial charge on any atom is 0.241 e. The summed E-state index contributed by atoms with van der Waals surface area (Å²) >= 11 is 11.9. The fourth-order valence-electron chi connectivity index (χ4n) is 2.70. The Kier molecular flexibility index (Phi) is 5.42. The quantitative estimate of drug-likeness (QED) is 0.846. The molecule has 1 aromatic rings. The van der Waals surface area contributed by atoms with Crippen LogP contribution in [0, 0.1) is 12.3 Å². The van der Waals surface area contributed by atoms with E-state index in [1.807, 2.05) is 13.8 Å². The van der Waals surface area contributed by atoms with Gasteiger partial charge < -0.3 is 0 Å².